The van der Waals surface area contributed by atoms with E-state index in [-0.39, 0.29) is 0 Å². The SMILES string of the molecule is CCCNc1ncccc1CN(Cc1cccs1)C1CC1. The van der Waals surface area contributed by atoms with Gasteiger partial charge in [-0.25, -0.2) is 4.98 Å². The highest BCUT2D eigenvalue weighted by molar-refractivity contribution is 7.09. The fourth-order valence-corrected chi connectivity index (χ4v) is 3.27. The van der Waals surface area contributed by atoms with Crippen LogP contribution in [0.15, 0.2) is 35.8 Å². The maximum atomic E-state index is 4.51. The zero-order valence-electron chi connectivity index (χ0n) is 12.6. The molecular weight excluding hydrogens is 278 g/mol. The number of anilines is 1. The standard InChI is InChI=1S/C17H23N3S/c1-2-9-18-17-14(5-3-10-19-17)12-20(15-7-8-15)13-16-6-4-11-21-16/h3-6,10-11,15H,2,7-9,12-13H2,1H3,(H,18,19). The van der Waals surface area contributed by atoms with E-state index in [0.29, 0.717) is 0 Å². The first kappa shape index (κ1) is 14.5. The smallest absolute Gasteiger partial charge is 0.130 e. The van der Waals surface area contributed by atoms with Crippen LogP contribution in [-0.2, 0) is 13.1 Å². The average molecular weight is 301 g/mol. The summed E-state index contributed by atoms with van der Waals surface area (Å²) in [5.41, 5.74) is 1.31. The van der Waals surface area contributed by atoms with E-state index < -0.39 is 0 Å². The molecule has 1 aliphatic rings. The number of aromatic nitrogens is 1. The summed E-state index contributed by atoms with van der Waals surface area (Å²) in [4.78, 5) is 8.56. The third kappa shape index (κ3) is 4.05. The van der Waals surface area contributed by atoms with Crippen LogP contribution in [0, 0.1) is 0 Å². The zero-order chi connectivity index (χ0) is 14.5. The lowest BCUT2D eigenvalue weighted by Crippen LogP contribution is -2.25. The van der Waals surface area contributed by atoms with Gasteiger partial charge in [0.15, 0.2) is 0 Å². The lowest BCUT2D eigenvalue weighted by atomic mass is 10.2. The predicted molar refractivity (Wildman–Crippen MR) is 89.6 cm³/mol. The van der Waals surface area contributed by atoms with E-state index in [1.165, 1.54) is 23.3 Å². The number of pyridine rings is 1. The molecule has 0 radical (unpaired) electrons. The molecule has 2 aromatic rings. The Morgan fingerprint density at radius 1 is 1.29 bits per heavy atom. The Labute approximate surface area is 131 Å². The molecule has 1 saturated carbocycles. The molecule has 1 aliphatic carbocycles. The van der Waals surface area contributed by atoms with Crippen LogP contribution < -0.4 is 5.32 Å². The van der Waals surface area contributed by atoms with Crippen molar-refractivity contribution in [1.82, 2.24) is 9.88 Å². The van der Waals surface area contributed by atoms with Gasteiger partial charge in [-0.3, -0.25) is 4.90 Å². The molecule has 0 amide bonds. The Morgan fingerprint density at radius 2 is 2.19 bits per heavy atom. The molecule has 0 atom stereocenters. The van der Waals surface area contributed by atoms with Crippen molar-refractivity contribution in [1.29, 1.82) is 0 Å². The summed E-state index contributed by atoms with van der Waals surface area (Å²) in [7, 11) is 0. The number of hydrogen-bond acceptors (Lipinski definition) is 4. The fourth-order valence-electron chi connectivity index (χ4n) is 2.54. The number of hydrogen-bond donors (Lipinski definition) is 1. The normalized spacial score (nSPS) is 14.6. The first-order valence-electron chi connectivity index (χ1n) is 7.81. The highest BCUT2D eigenvalue weighted by Gasteiger charge is 2.29. The van der Waals surface area contributed by atoms with Crippen molar-refractivity contribution in [3.05, 3.63) is 46.3 Å². The van der Waals surface area contributed by atoms with Crippen molar-refractivity contribution in [2.24, 2.45) is 0 Å². The molecule has 1 fully saturated rings. The van der Waals surface area contributed by atoms with E-state index >= 15 is 0 Å². The lowest BCUT2D eigenvalue weighted by molar-refractivity contribution is 0.248. The number of nitrogens with zero attached hydrogens (tertiary/aromatic N) is 2. The lowest BCUT2D eigenvalue weighted by Gasteiger charge is -2.22. The Kier molecular flexibility index (Phi) is 4.88. The van der Waals surface area contributed by atoms with E-state index in [1.54, 1.807) is 0 Å². The van der Waals surface area contributed by atoms with Crippen molar-refractivity contribution in [3.63, 3.8) is 0 Å². The van der Waals surface area contributed by atoms with E-state index in [4.69, 9.17) is 0 Å². The molecule has 4 heteroatoms. The first-order chi connectivity index (χ1) is 10.4. The first-order valence-corrected chi connectivity index (χ1v) is 8.69. The van der Waals surface area contributed by atoms with Gasteiger partial charge < -0.3 is 5.32 Å². The second kappa shape index (κ2) is 7.05. The van der Waals surface area contributed by atoms with E-state index in [0.717, 1.165) is 37.9 Å². The Hall–Kier alpha value is -1.39. The van der Waals surface area contributed by atoms with Gasteiger partial charge in [-0.15, -0.1) is 11.3 Å². The molecule has 0 aliphatic heterocycles. The zero-order valence-corrected chi connectivity index (χ0v) is 13.4. The number of thiophene rings is 1. The van der Waals surface area contributed by atoms with Crippen molar-refractivity contribution in [3.8, 4) is 0 Å². The Bertz CT molecular complexity index is 549. The predicted octanol–water partition coefficient (Wildman–Crippen LogP) is 4.13. The quantitative estimate of drug-likeness (QED) is 0.794. The molecule has 112 valence electrons. The molecular formula is C17H23N3S. The highest BCUT2D eigenvalue weighted by atomic mass is 32.1. The summed E-state index contributed by atoms with van der Waals surface area (Å²) in [6.07, 6.45) is 5.67. The highest BCUT2D eigenvalue weighted by Crippen LogP contribution is 2.31. The fraction of sp³-hybridized carbons (Fsp3) is 0.471. The second-order valence-corrected chi connectivity index (χ2v) is 6.69. The molecule has 0 spiro atoms. The van der Waals surface area contributed by atoms with Gasteiger partial charge in [0.25, 0.3) is 0 Å². The van der Waals surface area contributed by atoms with Crippen molar-refractivity contribution in [2.75, 3.05) is 11.9 Å². The van der Waals surface area contributed by atoms with Gasteiger partial charge in [-0.05, 0) is 36.8 Å². The second-order valence-electron chi connectivity index (χ2n) is 5.65. The molecule has 3 rings (SSSR count). The molecule has 0 aromatic carbocycles. The maximum Gasteiger partial charge on any atom is 0.130 e. The molecule has 0 saturated heterocycles. The van der Waals surface area contributed by atoms with Crippen LogP contribution in [-0.4, -0.2) is 22.5 Å². The molecule has 2 heterocycles. The van der Waals surface area contributed by atoms with Gasteiger partial charge in [-0.2, -0.15) is 0 Å². The molecule has 2 aromatic heterocycles. The average Bonchev–Trinajstić information content (AvgIpc) is 3.23. The molecule has 21 heavy (non-hydrogen) atoms. The summed E-state index contributed by atoms with van der Waals surface area (Å²) >= 11 is 1.85. The topological polar surface area (TPSA) is 28.2 Å². The van der Waals surface area contributed by atoms with E-state index in [9.17, 15) is 0 Å². The largest absolute Gasteiger partial charge is 0.370 e. The Morgan fingerprint density at radius 3 is 2.90 bits per heavy atom. The third-order valence-corrected chi connectivity index (χ3v) is 4.67. The summed E-state index contributed by atoms with van der Waals surface area (Å²) in [5.74, 6) is 1.05. The van der Waals surface area contributed by atoms with Crippen molar-refractivity contribution < 1.29 is 0 Å². The monoisotopic (exact) mass is 301 g/mol. The van der Waals surface area contributed by atoms with Gasteiger partial charge in [0.2, 0.25) is 0 Å². The maximum absolute atomic E-state index is 4.51. The summed E-state index contributed by atoms with van der Waals surface area (Å²) in [6.45, 7) is 5.22. The van der Waals surface area contributed by atoms with Crippen molar-refractivity contribution in [2.45, 2.75) is 45.3 Å². The van der Waals surface area contributed by atoms with Gasteiger partial charge >= 0.3 is 0 Å². The van der Waals surface area contributed by atoms with E-state index in [1.807, 2.05) is 23.6 Å². The van der Waals surface area contributed by atoms with Crippen LogP contribution in [0.3, 0.4) is 0 Å². The molecule has 0 unspecified atom stereocenters. The van der Waals surface area contributed by atoms with Crippen LogP contribution >= 0.6 is 11.3 Å². The molecule has 0 bridgehead atoms. The van der Waals surface area contributed by atoms with Crippen molar-refractivity contribution >= 4 is 17.2 Å². The van der Waals surface area contributed by atoms with Crippen LogP contribution in [0.1, 0.15) is 36.6 Å². The third-order valence-electron chi connectivity index (χ3n) is 3.81. The van der Waals surface area contributed by atoms with Crippen LogP contribution in [0.25, 0.3) is 0 Å². The van der Waals surface area contributed by atoms with Crippen LogP contribution in [0.5, 0.6) is 0 Å². The summed E-state index contributed by atoms with van der Waals surface area (Å²) in [5, 5.41) is 5.62. The summed E-state index contributed by atoms with van der Waals surface area (Å²) < 4.78 is 0. The number of nitrogens with one attached hydrogen (secondary N) is 1. The summed E-state index contributed by atoms with van der Waals surface area (Å²) in [6, 6.07) is 9.38. The molecule has 1 N–H and O–H groups in total. The minimum Gasteiger partial charge on any atom is -0.370 e. The van der Waals surface area contributed by atoms with Crippen LogP contribution in [0.4, 0.5) is 5.82 Å². The van der Waals surface area contributed by atoms with Crippen LogP contribution in [0.2, 0.25) is 0 Å². The van der Waals surface area contributed by atoms with Gasteiger partial charge in [0, 0.05) is 42.3 Å². The minimum absolute atomic E-state index is 0.756. The Balaban J connectivity index is 1.70. The molecule has 3 nitrogen and oxygen atoms in total. The van der Waals surface area contributed by atoms with Gasteiger partial charge in [0.1, 0.15) is 5.82 Å². The minimum atomic E-state index is 0.756. The van der Waals surface area contributed by atoms with Gasteiger partial charge in [-0.1, -0.05) is 19.1 Å². The van der Waals surface area contributed by atoms with Gasteiger partial charge in [0.05, 0.1) is 0 Å². The number of rotatable bonds is 8. The van der Waals surface area contributed by atoms with E-state index in [2.05, 4.69) is 45.7 Å².